The molecule has 6 nitrogen and oxygen atoms in total. The van der Waals surface area contributed by atoms with Crippen molar-refractivity contribution in [3.8, 4) is 0 Å². The van der Waals surface area contributed by atoms with Crippen LogP contribution in [0.5, 0.6) is 0 Å². The Balaban J connectivity index is 1.70. The van der Waals surface area contributed by atoms with Crippen molar-refractivity contribution >= 4 is 11.9 Å². The summed E-state index contributed by atoms with van der Waals surface area (Å²) in [6.45, 7) is 16.2. The van der Waals surface area contributed by atoms with Gasteiger partial charge in [-0.1, -0.05) is 27.7 Å². The molecule has 0 radical (unpaired) electrons. The summed E-state index contributed by atoms with van der Waals surface area (Å²) < 4.78 is 0. The number of carbonyl (C=O) groups excluding carboxylic acids is 2. The molecule has 2 rings (SSSR count). The van der Waals surface area contributed by atoms with Crippen molar-refractivity contribution in [2.24, 2.45) is 17.8 Å². The van der Waals surface area contributed by atoms with Gasteiger partial charge in [0.2, 0.25) is 5.91 Å². The number of nitrogens with zero attached hydrogens (tertiary/aromatic N) is 3. The van der Waals surface area contributed by atoms with Crippen molar-refractivity contribution in [3.63, 3.8) is 0 Å². The van der Waals surface area contributed by atoms with Gasteiger partial charge < -0.3 is 15.1 Å². The quantitative estimate of drug-likeness (QED) is 0.771. The minimum absolute atomic E-state index is 0.0379. The van der Waals surface area contributed by atoms with Crippen LogP contribution in [0.25, 0.3) is 0 Å². The number of piperidine rings is 1. The Morgan fingerprint density at radius 3 is 2.07 bits per heavy atom. The zero-order chi connectivity index (χ0) is 20.0. The minimum Gasteiger partial charge on any atom is -0.341 e. The molecule has 0 aromatic rings. The molecule has 2 aliphatic rings. The maximum absolute atomic E-state index is 12.6. The Kier molecular flexibility index (Phi) is 8.39. The lowest BCUT2D eigenvalue weighted by Gasteiger charge is -2.38. The van der Waals surface area contributed by atoms with Gasteiger partial charge in [0.05, 0.1) is 6.54 Å². The van der Waals surface area contributed by atoms with Gasteiger partial charge >= 0.3 is 6.03 Å². The van der Waals surface area contributed by atoms with Gasteiger partial charge in [-0.25, -0.2) is 4.79 Å². The average molecular weight is 381 g/mol. The lowest BCUT2D eigenvalue weighted by Crippen LogP contribution is -2.55. The third kappa shape index (κ3) is 7.32. The molecule has 0 aromatic heterocycles. The summed E-state index contributed by atoms with van der Waals surface area (Å²) >= 11 is 0. The molecule has 6 heteroatoms. The smallest absolute Gasteiger partial charge is 0.317 e. The van der Waals surface area contributed by atoms with Crippen LogP contribution in [0.4, 0.5) is 4.79 Å². The monoisotopic (exact) mass is 380 g/mol. The largest absolute Gasteiger partial charge is 0.341 e. The van der Waals surface area contributed by atoms with E-state index in [2.05, 4.69) is 44.8 Å². The molecule has 156 valence electrons. The van der Waals surface area contributed by atoms with Crippen molar-refractivity contribution in [2.75, 3.05) is 45.8 Å². The van der Waals surface area contributed by atoms with E-state index in [1.807, 2.05) is 9.80 Å². The number of hydrogen-bond donors (Lipinski definition) is 1. The molecule has 0 aromatic carbocycles. The van der Waals surface area contributed by atoms with Crippen LogP contribution in [-0.2, 0) is 4.79 Å². The van der Waals surface area contributed by atoms with Crippen LogP contribution in [0.15, 0.2) is 0 Å². The molecule has 3 unspecified atom stereocenters. The standard InChI is InChI=1S/C21H40N4O2/c1-16(2)6-7-19(5)22-21(27)24-10-8-23(9-11-24)15-20(26)25-13-17(3)12-18(4)14-25/h16-19H,6-15H2,1-5H3,(H,22,27). The Morgan fingerprint density at radius 2 is 1.52 bits per heavy atom. The predicted octanol–water partition coefficient (Wildman–Crippen LogP) is 2.64. The van der Waals surface area contributed by atoms with Gasteiger partial charge in [-0.15, -0.1) is 0 Å². The molecule has 0 aliphatic carbocycles. The van der Waals surface area contributed by atoms with Crippen LogP contribution < -0.4 is 5.32 Å². The van der Waals surface area contributed by atoms with Crippen LogP contribution in [0, 0.1) is 17.8 Å². The molecule has 0 bridgehead atoms. The zero-order valence-electron chi connectivity index (χ0n) is 18.0. The van der Waals surface area contributed by atoms with E-state index < -0.39 is 0 Å². The number of piperazine rings is 1. The van der Waals surface area contributed by atoms with Crippen LogP contribution >= 0.6 is 0 Å². The van der Waals surface area contributed by atoms with E-state index in [1.165, 1.54) is 6.42 Å². The molecular formula is C21H40N4O2. The molecular weight excluding hydrogens is 340 g/mol. The fraction of sp³-hybridized carbons (Fsp3) is 0.905. The summed E-state index contributed by atoms with van der Waals surface area (Å²) in [5.74, 6) is 2.09. The van der Waals surface area contributed by atoms with Gasteiger partial charge in [0, 0.05) is 45.3 Å². The van der Waals surface area contributed by atoms with Crippen molar-refractivity contribution in [1.29, 1.82) is 0 Å². The molecule has 2 aliphatic heterocycles. The molecule has 0 spiro atoms. The van der Waals surface area contributed by atoms with Crippen molar-refractivity contribution in [2.45, 2.75) is 59.9 Å². The lowest BCUT2D eigenvalue weighted by atomic mass is 9.92. The molecule has 1 N–H and O–H groups in total. The molecule has 0 saturated carbocycles. The van der Waals surface area contributed by atoms with E-state index in [-0.39, 0.29) is 18.0 Å². The normalized spacial score (nSPS) is 25.6. The number of rotatable bonds is 6. The van der Waals surface area contributed by atoms with E-state index in [9.17, 15) is 9.59 Å². The highest BCUT2D eigenvalue weighted by molar-refractivity contribution is 5.78. The molecule has 2 heterocycles. The molecule has 3 atom stereocenters. The fourth-order valence-corrected chi connectivity index (χ4v) is 4.22. The molecule has 3 amide bonds. The first-order valence-corrected chi connectivity index (χ1v) is 10.8. The van der Waals surface area contributed by atoms with Crippen LogP contribution in [0.1, 0.15) is 53.9 Å². The van der Waals surface area contributed by atoms with Gasteiger partial charge in [-0.05, 0) is 43.9 Å². The zero-order valence-corrected chi connectivity index (χ0v) is 18.0. The second-order valence-corrected chi connectivity index (χ2v) is 9.33. The summed E-state index contributed by atoms with van der Waals surface area (Å²) in [5.41, 5.74) is 0. The summed E-state index contributed by atoms with van der Waals surface area (Å²) in [6, 6.07) is 0.249. The first-order chi connectivity index (χ1) is 12.7. The Hall–Kier alpha value is -1.30. The van der Waals surface area contributed by atoms with Crippen molar-refractivity contribution in [3.05, 3.63) is 0 Å². The number of likely N-dealkylation sites (tertiary alicyclic amines) is 1. The fourth-order valence-electron chi connectivity index (χ4n) is 4.22. The van der Waals surface area contributed by atoms with Crippen LogP contribution in [0.3, 0.4) is 0 Å². The summed E-state index contributed by atoms with van der Waals surface area (Å²) in [4.78, 5) is 31.2. The number of amides is 3. The first kappa shape index (κ1) is 22.0. The topological polar surface area (TPSA) is 55.9 Å². The van der Waals surface area contributed by atoms with Gasteiger partial charge in [-0.3, -0.25) is 9.69 Å². The number of hydrogen-bond acceptors (Lipinski definition) is 3. The summed E-state index contributed by atoms with van der Waals surface area (Å²) in [6.07, 6.45) is 3.36. The summed E-state index contributed by atoms with van der Waals surface area (Å²) in [5, 5.41) is 3.12. The van der Waals surface area contributed by atoms with E-state index in [0.717, 1.165) is 39.0 Å². The Bertz CT molecular complexity index is 479. The van der Waals surface area contributed by atoms with Gasteiger partial charge in [0.15, 0.2) is 0 Å². The SMILES string of the molecule is CC(C)CCC(C)NC(=O)N1CCN(CC(=O)N2CC(C)CC(C)C2)CC1. The second kappa shape index (κ2) is 10.3. The van der Waals surface area contributed by atoms with Gasteiger partial charge in [0.1, 0.15) is 0 Å². The number of carbonyl (C=O) groups is 2. The van der Waals surface area contributed by atoms with E-state index >= 15 is 0 Å². The van der Waals surface area contributed by atoms with E-state index in [4.69, 9.17) is 0 Å². The molecule has 27 heavy (non-hydrogen) atoms. The maximum Gasteiger partial charge on any atom is 0.317 e. The predicted molar refractivity (Wildman–Crippen MR) is 110 cm³/mol. The lowest BCUT2D eigenvalue weighted by molar-refractivity contribution is -0.135. The Morgan fingerprint density at radius 1 is 0.926 bits per heavy atom. The van der Waals surface area contributed by atoms with E-state index in [1.54, 1.807) is 0 Å². The number of urea groups is 1. The maximum atomic E-state index is 12.6. The molecule has 2 saturated heterocycles. The third-order valence-electron chi connectivity index (χ3n) is 5.79. The highest BCUT2D eigenvalue weighted by Crippen LogP contribution is 2.21. The van der Waals surface area contributed by atoms with Gasteiger partial charge in [-0.2, -0.15) is 0 Å². The van der Waals surface area contributed by atoms with Crippen LogP contribution in [0.2, 0.25) is 0 Å². The molecule has 2 fully saturated rings. The highest BCUT2D eigenvalue weighted by atomic mass is 16.2. The Labute approximate surface area is 165 Å². The minimum atomic E-state index is 0.0379. The van der Waals surface area contributed by atoms with Crippen molar-refractivity contribution in [1.82, 2.24) is 20.0 Å². The van der Waals surface area contributed by atoms with Gasteiger partial charge in [0.25, 0.3) is 0 Å². The second-order valence-electron chi connectivity index (χ2n) is 9.33. The summed E-state index contributed by atoms with van der Waals surface area (Å²) in [7, 11) is 0. The highest BCUT2D eigenvalue weighted by Gasteiger charge is 2.28. The first-order valence-electron chi connectivity index (χ1n) is 10.8. The third-order valence-corrected chi connectivity index (χ3v) is 5.79. The number of nitrogens with one attached hydrogen (secondary N) is 1. The van der Waals surface area contributed by atoms with Crippen LogP contribution in [-0.4, -0.2) is 78.5 Å². The van der Waals surface area contributed by atoms with Crippen molar-refractivity contribution < 1.29 is 9.59 Å². The van der Waals surface area contributed by atoms with E-state index in [0.29, 0.717) is 37.4 Å². The average Bonchev–Trinajstić information content (AvgIpc) is 2.59.